The molecular formula is C23H21NO3. The highest BCUT2D eigenvalue weighted by molar-refractivity contribution is 5.94. The largest absolute Gasteiger partial charge is 0.484 e. The molecule has 27 heavy (non-hydrogen) atoms. The van der Waals surface area contributed by atoms with E-state index in [9.17, 15) is 9.59 Å². The number of ketones is 1. The molecular weight excluding hydrogens is 338 g/mol. The second-order valence-corrected chi connectivity index (χ2v) is 6.19. The van der Waals surface area contributed by atoms with Crippen molar-refractivity contribution in [2.75, 3.05) is 6.61 Å². The van der Waals surface area contributed by atoms with E-state index < -0.39 is 0 Å². The highest BCUT2D eigenvalue weighted by Crippen LogP contribution is 2.21. The normalized spacial score (nSPS) is 10.4. The van der Waals surface area contributed by atoms with E-state index in [1.54, 1.807) is 24.3 Å². The highest BCUT2D eigenvalue weighted by atomic mass is 16.5. The van der Waals surface area contributed by atoms with Crippen LogP contribution in [-0.4, -0.2) is 18.3 Å². The zero-order valence-corrected chi connectivity index (χ0v) is 15.1. The number of carbonyl (C=O) groups is 2. The second-order valence-electron chi connectivity index (χ2n) is 6.19. The van der Waals surface area contributed by atoms with E-state index in [1.807, 2.05) is 60.7 Å². The third-order valence-corrected chi connectivity index (χ3v) is 4.18. The minimum Gasteiger partial charge on any atom is -0.484 e. The fraction of sp³-hybridized carbons (Fsp3) is 0.130. The molecule has 4 nitrogen and oxygen atoms in total. The van der Waals surface area contributed by atoms with Gasteiger partial charge in [0.05, 0.1) is 6.04 Å². The Morgan fingerprint density at radius 3 is 2.00 bits per heavy atom. The van der Waals surface area contributed by atoms with Crippen molar-refractivity contribution in [3.8, 4) is 5.75 Å². The monoisotopic (exact) mass is 359 g/mol. The molecule has 1 N–H and O–H groups in total. The Balaban J connectivity index is 1.70. The average Bonchev–Trinajstić information content (AvgIpc) is 2.72. The molecule has 0 aliphatic carbocycles. The summed E-state index contributed by atoms with van der Waals surface area (Å²) in [6.07, 6.45) is 0. The number of hydrogen-bond donors (Lipinski definition) is 1. The van der Waals surface area contributed by atoms with Crippen LogP contribution in [0.15, 0.2) is 84.9 Å². The van der Waals surface area contributed by atoms with E-state index in [4.69, 9.17) is 4.74 Å². The summed E-state index contributed by atoms with van der Waals surface area (Å²) in [7, 11) is 0. The van der Waals surface area contributed by atoms with Crippen LogP contribution in [0.1, 0.15) is 34.5 Å². The van der Waals surface area contributed by atoms with Gasteiger partial charge in [-0.1, -0.05) is 72.8 Å². The Kier molecular flexibility index (Phi) is 6.00. The molecule has 0 aliphatic rings. The molecule has 0 aliphatic heterocycles. The molecule has 3 rings (SSSR count). The van der Waals surface area contributed by atoms with Crippen LogP contribution >= 0.6 is 0 Å². The standard InChI is InChI=1S/C23H21NO3/c1-17(25)20-13-8-14-21(15-20)27-16-22(26)24-23(18-9-4-2-5-10-18)19-11-6-3-7-12-19/h2-15,23H,16H2,1H3,(H,24,26). The Bertz CT molecular complexity index is 868. The molecule has 0 aromatic heterocycles. The Hall–Kier alpha value is -3.40. The third kappa shape index (κ3) is 5.05. The molecule has 0 saturated heterocycles. The lowest BCUT2D eigenvalue weighted by molar-refractivity contribution is -0.123. The number of amides is 1. The maximum Gasteiger partial charge on any atom is 0.258 e. The van der Waals surface area contributed by atoms with Gasteiger partial charge in [-0.25, -0.2) is 0 Å². The summed E-state index contributed by atoms with van der Waals surface area (Å²) in [5, 5.41) is 3.03. The number of hydrogen-bond acceptors (Lipinski definition) is 3. The first kappa shape index (κ1) is 18.4. The van der Waals surface area contributed by atoms with E-state index in [2.05, 4.69) is 5.32 Å². The van der Waals surface area contributed by atoms with Crippen molar-refractivity contribution in [3.63, 3.8) is 0 Å². The lowest BCUT2D eigenvalue weighted by atomic mass is 9.99. The van der Waals surface area contributed by atoms with Gasteiger partial charge in [-0.15, -0.1) is 0 Å². The zero-order chi connectivity index (χ0) is 19.1. The molecule has 0 spiro atoms. The average molecular weight is 359 g/mol. The van der Waals surface area contributed by atoms with E-state index in [0.717, 1.165) is 11.1 Å². The summed E-state index contributed by atoms with van der Waals surface area (Å²) < 4.78 is 5.57. The molecule has 4 heteroatoms. The Labute approximate surface area is 158 Å². The maximum atomic E-state index is 12.5. The van der Waals surface area contributed by atoms with E-state index >= 15 is 0 Å². The van der Waals surface area contributed by atoms with E-state index in [-0.39, 0.29) is 24.3 Å². The summed E-state index contributed by atoms with van der Waals surface area (Å²) in [6.45, 7) is 1.37. The summed E-state index contributed by atoms with van der Waals surface area (Å²) in [5.74, 6) is 0.216. The minimum atomic E-state index is -0.257. The van der Waals surface area contributed by atoms with Gasteiger partial charge in [-0.3, -0.25) is 9.59 Å². The molecule has 0 heterocycles. The van der Waals surface area contributed by atoms with Crippen molar-refractivity contribution in [3.05, 3.63) is 102 Å². The molecule has 1 amide bonds. The molecule has 0 atom stereocenters. The van der Waals surface area contributed by atoms with Gasteiger partial charge in [0.15, 0.2) is 12.4 Å². The Morgan fingerprint density at radius 2 is 1.44 bits per heavy atom. The summed E-state index contributed by atoms with van der Waals surface area (Å²) >= 11 is 0. The molecule has 3 aromatic carbocycles. The lowest BCUT2D eigenvalue weighted by Crippen LogP contribution is -2.33. The summed E-state index contributed by atoms with van der Waals surface area (Å²) in [5.41, 5.74) is 2.55. The fourth-order valence-electron chi connectivity index (χ4n) is 2.81. The second kappa shape index (κ2) is 8.81. The number of nitrogens with one attached hydrogen (secondary N) is 1. The van der Waals surface area contributed by atoms with Crippen molar-refractivity contribution < 1.29 is 14.3 Å². The topological polar surface area (TPSA) is 55.4 Å². The number of carbonyl (C=O) groups excluding carboxylic acids is 2. The SMILES string of the molecule is CC(=O)c1cccc(OCC(=O)NC(c2ccccc2)c2ccccc2)c1. The van der Waals surface area contributed by atoms with Gasteiger partial charge in [0.2, 0.25) is 0 Å². The van der Waals surface area contributed by atoms with Gasteiger partial charge in [-0.2, -0.15) is 0 Å². The van der Waals surface area contributed by atoms with Crippen molar-refractivity contribution in [1.29, 1.82) is 0 Å². The molecule has 0 saturated carbocycles. The molecule has 3 aromatic rings. The first-order valence-electron chi connectivity index (χ1n) is 8.76. The predicted octanol–water partition coefficient (Wildman–Crippen LogP) is 4.17. The van der Waals surface area contributed by atoms with Gasteiger partial charge in [0.25, 0.3) is 5.91 Å². The smallest absolute Gasteiger partial charge is 0.258 e. The van der Waals surface area contributed by atoms with Crippen LogP contribution in [0, 0.1) is 0 Å². The van der Waals surface area contributed by atoms with Crippen LogP contribution in [0.25, 0.3) is 0 Å². The van der Waals surface area contributed by atoms with Crippen LogP contribution in [0.5, 0.6) is 5.75 Å². The molecule has 0 fully saturated rings. The van der Waals surface area contributed by atoms with E-state index in [1.165, 1.54) is 6.92 Å². The van der Waals surface area contributed by atoms with Gasteiger partial charge in [0, 0.05) is 5.56 Å². The summed E-state index contributed by atoms with van der Waals surface area (Å²) in [6, 6.07) is 26.2. The van der Waals surface area contributed by atoms with Crippen LogP contribution in [0.2, 0.25) is 0 Å². The van der Waals surface area contributed by atoms with Crippen molar-refractivity contribution in [2.45, 2.75) is 13.0 Å². The quantitative estimate of drug-likeness (QED) is 0.644. The number of benzene rings is 3. The van der Waals surface area contributed by atoms with Crippen molar-refractivity contribution >= 4 is 11.7 Å². The van der Waals surface area contributed by atoms with Crippen LogP contribution in [0.4, 0.5) is 0 Å². The summed E-state index contributed by atoms with van der Waals surface area (Å²) in [4.78, 5) is 23.9. The number of rotatable bonds is 7. The molecule has 136 valence electrons. The lowest BCUT2D eigenvalue weighted by Gasteiger charge is -2.20. The van der Waals surface area contributed by atoms with E-state index in [0.29, 0.717) is 11.3 Å². The first-order valence-corrected chi connectivity index (χ1v) is 8.76. The zero-order valence-electron chi connectivity index (χ0n) is 15.1. The van der Waals surface area contributed by atoms with Crippen molar-refractivity contribution in [2.24, 2.45) is 0 Å². The number of ether oxygens (including phenoxy) is 1. The van der Waals surface area contributed by atoms with Crippen molar-refractivity contribution in [1.82, 2.24) is 5.32 Å². The minimum absolute atomic E-state index is 0.0434. The van der Waals surface area contributed by atoms with Crippen LogP contribution < -0.4 is 10.1 Å². The van der Waals surface area contributed by atoms with Gasteiger partial charge < -0.3 is 10.1 Å². The van der Waals surface area contributed by atoms with Crippen LogP contribution in [-0.2, 0) is 4.79 Å². The number of Topliss-reactive ketones (excluding diaryl/α,β-unsaturated/α-hetero) is 1. The third-order valence-electron chi connectivity index (χ3n) is 4.18. The highest BCUT2D eigenvalue weighted by Gasteiger charge is 2.17. The first-order chi connectivity index (χ1) is 13.1. The van der Waals surface area contributed by atoms with Crippen LogP contribution in [0.3, 0.4) is 0 Å². The maximum absolute atomic E-state index is 12.5. The van der Waals surface area contributed by atoms with Gasteiger partial charge in [-0.05, 0) is 30.2 Å². The fourth-order valence-corrected chi connectivity index (χ4v) is 2.81. The van der Waals surface area contributed by atoms with Gasteiger partial charge >= 0.3 is 0 Å². The van der Waals surface area contributed by atoms with Gasteiger partial charge in [0.1, 0.15) is 5.75 Å². The predicted molar refractivity (Wildman–Crippen MR) is 105 cm³/mol. The molecule has 0 bridgehead atoms. The Morgan fingerprint density at radius 1 is 0.852 bits per heavy atom. The molecule has 0 unspecified atom stereocenters. The molecule has 0 radical (unpaired) electrons.